The number of ether oxygens (including phenoxy) is 2. The fraction of sp³-hybridized carbons (Fsp3) is 0.886. The lowest BCUT2D eigenvalue weighted by atomic mass is 10.0. The Hall–Kier alpha value is -0.990. The van der Waals surface area contributed by atoms with E-state index in [4.69, 9.17) is 18.5 Å². The van der Waals surface area contributed by atoms with Crippen molar-refractivity contribution >= 4 is 19.8 Å². The van der Waals surface area contributed by atoms with E-state index >= 15 is 0 Å². The average molecular weight is 663 g/mol. The second-order valence-corrected chi connectivity index (χ2v) is 14.8. The van der Waals surface area contributed by atoms with Crippen molar-refractivity contribution in [2.24, 2.45) is 0 Å². The second-order valence-electron chi connectivity index (χ2n) is 13.3. The SMILES string of the molecule is [CH2-]CCCCCCCCCCCCCCC(=O)O[C@H](COC(=O)CCCCCCCCC[CH2-])COP(=O)(O)OCC[N+](C)(C)C. The van der Waals surface area contributed by atoms with Gasteiger partial charge < -0.3 is 32.7 Å². The largest absolute Gasteiger partial charge is 0.472 e. The predicted molar refractivity (Wildman–Crippen MR) is 182 cm³/mol. The highest BCUT2D eigenvalue weighted by Crippen LogP contribution is 2.43. The Labute approximate surface area is 276 Å². The molecule has 0 saturated heterocycles. The van der Waals surface area contributed by atoms with Crippen LogP contribution in [0.3, 0.4) is 0 Å². The Balaban J connectivity index is 4.43. The number of carbonyl (C=O) groups excluding carboxylic acids is 2. The molecule has 45 heavy (non-hydrogen) atoms. The van der Waals surface area contributed by atoms with Gasteiger partial charge in [-0.1, -0.05) is 109 Å². The molecule has 0 saturated carbocycles. The lowest BCUT2D eigenvalue weighted by Gasteiger charge is -2.24. The van der Waals surface area contributed by atoms with Crippen molar-refractivity contribution < 1.29 is 42.1 Å². The van der Waals surface area contributed by atoms with Crippen molar-refractivity contribution in [3.63, 3.8) is 0 Å². The van der Waals surface area contributed by atoms with E-state index in [1.54, 1.807) is 0 Å². The normalized spacial score (nSPS) is 13.8. The Morgan fingerprint density at radius 3 is 1.44 bits per heavy atom. The zero-order valence-electron chi connectivity index (χ0n) is 29.3. The Morgan fingerprint density at radius 1 is 0.622 bits per heavy atom. The summed E-state index contributed by atoms with van der Waals surface area (Å²) in [7, 11) is 1.47. The highest BCUT2D eigenvalue weighted by molar-refractivity contribution is 7.47. The van der Waals surface area contributed by atoms with Crippen molar-refractivity contribution in [2.75, 3.05) is 47.5 Å². The molecule has 0 radical (unpaired) electrons. The van der Waals surface area contributed by atoms with Gasteiger partial charge in [-0.25, -0.2) is 4.57 Å². The molecule has 9 nitrogen and oxygen atoms in total. The van der Waals surface area contributed by atoms with Crippen molar-refractivity contribution in [1.29, 1.82) is 0 Å². The number of quaternary nitrogens is 1. The zero-order chi connectivity index (χ0) is 33.7. The fourth-order valence-corrected chi connectivity index (χ4v) is 5.55. The summed E-state index contributed by atoms with van der Waals surface area (Å²) in [5.74, 6) is -0.815. The number of likely N-dealkylation sites (N-methyl/N-ethyl adjacent to an activating group) is 1. The maximum atomic E-state index is 12.6. The monoisotopic (exact) mass is 662 g/mol. The summed E-state index contributed by atoms with van der Waals surface area (Å²) in [6.07, 6.45) is 23.2. The smallest absolute Gasteiger partial charge is 0.462 e. The summed E-state index contributed by atoms with van der Waals surface area (Å²) in [4.78, 5) is 35.0. The minimum atomic E-state index is -4.36. The molecule has 0 bridgehead atoms. The van der Waals surface area contributed by atoms with Gasteiger partial charge in [-0.05, 0) is 12.8 Å². The van der Waals surface area contributed by atoms with Crippen LogP contribution in [0.4, 0.5) is 0 Å². The summed E-state index contributed by atoms with van der Waals surface area (Å²) < 4.78 is 34.0. The van der Waals surface area contributed by atoms with Gasteiger partial charge in [-0.3, -0.25) is 18.6 Å². The predicted octanol–water partition coefficient (Wildman–Crippen LogP) is 8.92. The van der Waals surface area contributed by atoms with Crippen LogP contribution in [0.5, 0.6) is 0 Å². The van der Waals surface area contributed by atoms with Crippen LogP contribution in [0.1, 0.15) is 148 Å². The molecular weight excluding hydrogens is 593 g/mol. The van der Waals surface area contributed by atoms with Crippen molar-refractivity contribution in [1.82, 2.24) is 0 Å². The molecule has 0 aromatic heterocycles. The third kappa shape index (κ3) is 32.7. The molecule has 0 aromatic rings. The number of esters is 2. The molecule has 0 spiro atoms. The number of nitrogens with zero attached hydrogens (tertiary/aromatic N) is 1. The van der Waals surface area contributed by atoms with Gasteiger partial charge in [0, 0.05) is 12.8 Å². The molecule has 0 aromatic carbocycles. The van der Waals surface area contributed by atoms with E-state index in [9.17, 15) is 19.0 Å². The van der Waals surface area contributed by atoms with E-state index in [0.29, 0.717) is 17.4 Å². The highest BCUT2D eigenvalue weighted by Gasteiger charge is 2.27. The molecule has 0 aliphatic carbocycles. The molecule has 1 N–H and O–H groups in total. The van der Waals surface area contributed by atoms with Crippen LogP contribution >= 0.6 is 7.82 Å². The lowest BCUT2D eigenvalue weighted by Crippen LogP contribution is -2.37. The first kappa shape index (κ1) is 44.0. The van der Waals surface area contributed by atoms with Crippen molar-refractivity contribution in [3.8, 4) is 0 Å². The summed E-state index contributed by atoms with van der Waals surface area (Å²) in [5.41, 5.74) is 0. The Bertz CT molecular complexity index is 758. The van der Waals surface area contributed by atoms with Crippen LogP contribution < -0.4 is 0 Å². The fourth-order valence-electron chi connectivity index (χ4n) is 4.81. The zero-order valence-corrected chi connectivity index (χ0v) is 30.2. The number of rotatable bonds is 33. The topological polar surface area (TPSA) is 108 Å². The quantitative estimate of drug-likeness (QED) is 0.0244. The van der Waals surface area contributed by atoms with Gasteiger partial charge in [0.25, 0.3) is 0 Å². The first-order chi connectivity index (χ1) is 21.5. The second kappa shape index (κ2) is 29.2. The first-order valence-electron chi connectivity index (χ1n) is 17.8. The molecule has 0 fully saturated rings. The van der Waals surface area contributed by atoms with Crippen LogP contribution in [-0.4, -0.2) is 74.9 Å². The van der Waals surface area contributed by atoms with Crippen LogP contribution in [0.25, 0.3) is 0 Å². The number of hydrogen-bond donors (Lipinski definition) is 1. The maximum absolute atomic E-state index is 12.6. The summed E-state index contributed by atoms with van der Waals surface area (Å²) in [6.45, 7) is 7.66. The van der Waals surface area contributed by atoms with E-state index in [1.807, 2.05) is 21.1 Å². The highest BCUT2D eigenvalue weighted by atomic mass is 31.2. The number of phosphoric acid groups is 1. The molecule has 10 heteroatoms. The third-order valence-electron chi connectivity index (χ3n) is 7.68. The van der Waals surface area contributed by atoms with Gasteiger partial charge in [0.05, 0.1) is 27.7 Å². The number of unbranched alkanes of at least 4 members (excludes halogenated alkanes) is 19. The molecule has 0 heterocycles. The van der Waals surface area contributed by atoms with E-state index in [1.165, 1.54) is 70.6 Å². The average Bonchev–Trinajstić information content (AvgIpc) is 2.97. The Kier molecular flexibility index (Phi) is 28.5. The van der Waals surface area contributed by atoms with Gasteiger partial charge in [-0.15, -0.1) is 0 Å². The van der Waals surface area contributed by atoms with E-state index < -0.39 is 26.5 Å². The van der Waals surface area contributed by atoms with Crippen LogP contribution in [0.15, 0.2) is 0 Å². The standard InChI is InChI=1S/C35H69NO8P/c1-6-8-10-12-14-16-17-18-19-20-22-24-26-28-35(38)44-33(32-43-45(39,40)42-30-29-36(3,4)5)31-41-34(37)27-25-23-21-15-13-11-9-7-2/h33H,1-2,6-32H2,3-5H3,(H,39,40)/q-1/t33-/m1/s1. The molecule has 0 aliphatic rings. The number of carbonyl (C=O) groups is 2. The molecule has 1 unspecified atom stereocenters. The van der Waals surface area contributed by atoms with Gasteiger partial charge in [0.15, 0.2) is 6.10 Å². The number of phosphoric ester groups is 1. The third-order valence-corrected chi connectivity index (χ3v) is 8.66. The maximum Gasteiger partial charge on any atom is 0.472 e. The van der Waals surface area contributed by atoms with Crippen molar-refractivity contribution in [3.05, 3.63) is 13.8 Å². The van der Waals surface area contributed by atoms with Gasteiger partial charge in [0.1, 0.15) is 19.8 Å². The molecular formula is C35H69NO8P-. The molecule has 0 aliphatic heterocycles. The molecule has 268 valence electrons. The lowest BCUT2D eigenvalue weighted by molar-refractivity contribution is -0.870. The van der Waals surface area contributed by atoms with Gasteiger partial charge in [0.2, 0.25) is 0 Å². The Morgan fingerprint density at radius 2 is 1.02 bits per heavy atom. The minimum Gasteiger partial charge on any atom is -0.462 e. The molecule has 0 amide bonds. The van der Waals surface area contributed by atoms with Crippen LogP contribution in [-0.2, 0) is 32.7 Å². The first-order valence-corrected chi connectivity index (χ1v) is 19.3. The van der Waals surface area contributed by atoms with E-state index in [-0.39, 0.29) is 32.0 Å². The van der Waals surface area contributed by atoms with Crippen LogP contribution in [0.2, 0.25) is 0 Å². The van der Waals surface area contributed by atoms with Gasteiger partial charge in [-0.2, -0.15) is 12.8 Å². The van der Waals surface area contributed by atoms with E-state index in [2.05, 4.69) is 13.8 Å². The summed E-state index contributed by atoms with van der Waals surface area (Å²) in [5, 5.41) is 0. The molecule has 0 rings (SSSR count). The molecule has 2 atom stereocenters. The number of hydrogen-bond acceptors (Lipinski definition) is 7. The van der Waals surface area contributed by atoms with Crippen LogP contribution in [0, 0.1) is 13.8 Å². The van der Waals surface area contributed by atoms with E-state index in [0.717, 1.165) is 57.8 Å². The van der Waals surface area contributed by atoms with Crippen molar-refractivity contribution in [2.45, 2.75) is 154 Å². The summed E-state index contributed by atoms with van der Waals surface area (Å²) in [6, 6.07) is 0. The summed E-state index contributed by atoms with van der Waals surface area (Å²) >= 11 is 0. The minimum absolute atomic E-state index is 0.0314. The van der Waals surface area contributed by atoms with Gasteiger partial charge >= 0.3 is 19.8 Å².